The Hall–Kier alpha value is -3.37. The standard InChI is InChI=1S/C21H17N3O5S2/c1-3-29-18(25)11-23-19-12(2)5-4-6-16(19)31-21(23)22-20(26)17-10-13-9-14(24(27)28)7-8-15(13)30-17/h4-10H,3,11H2,1-2H3. The van der Waals surface area contributed by atoms with Crippen molar-refractivity contribution in [3.8, 4) is 0 Å². The molecule has 0 N–H and O–H groups in total. The number of amides is 1. The molecule has 8 nitrogen and oxygen atoms in total. The van der Waals surface area contributed by atoms with E-state index in [0.717, 1.165) is 20.5 Å². The first kappa shape index (κ1) is 20.9. The van der Waals surface area contributed by atoms with Crippen molar-refractivity contribution in [3.05, 3.63) is 67.8 Å². The lowest BCUT2D eigenvalue weighted by atomic mass is 10.2. The third-order valence-corrected chi connectivity index (χ3v) is 6.76. The van der Waals surface area contributed by atoms with Gasteiger partial charge in [0.25, 0.3) is 11.6 Å². The largest absolute Gasteiger partial charge is 0.465 e. The quantitative estimate of drug-likeness (QED) is 0.251. The number of ether oxygens (including phenoxy) is 1. The second kappa shape index (κ2) is 8.40. The minimum Gasteiger partial charge on any atom is -0.465 e. The van der Waals surface area contributed by atoms with Crippen molar-refractivity contribution in [1.29, 1.82) is 0 Å². The molecule has 158 valence electrons. The summed E-state index contributed by atoms with van der Waals surface area (Å²) in [5, 5.41) is 11.6. The number of fused-ring (bicyclic) bond motifs is 2. The molecule has 31 heavy (non-hydrogen) atoms. The van der Waals surface area contributed by atoms with Gasteiger partial charge in [-0.05, 0) is 37.6 Å². The maximum Gasteiger partial charge on any atom is 0.326 e. The van der Waals surface area contributed by atoms with Crippen LogP contribution in [-0.4, -0.2) is 28.0 Å². The maximum absolute atomic E-state index is 12.9. The normalized spacial score (nSPS) is 11.9. The van der Waals surface area contributed by atoms with Gasteiger partial charge in [-0.15, -0.1) is 11.3 Å². The number of nitro benzene ring substituents is 1. The molecule has 4 rings (SSSR count). The van der Waals surface area contributed by atoms with Gasteiger partial charge in [0, 0.05) is 22.2 Å². The third kappa shape index (κ3) is 4.12. The van der Waals surface area contributed by atoms with Crippen LogP contribution in [0.3, 0.4) is 0 Å². The number of nitrogens with zero attached hydrogens (tertiary/aromatic N) is 3. The van der Waals surface area contributed by atoms with E-state index in [4.69, 9.17) is 4.74 Å². The summed E-state index contributed by atoms with van der Waals surface area (Å²) in [6.45, 7) is 3.88. The van der Waals surface area contributed by atoms with Gasteiger partial charge in [0.15, 0.2) is 4.80 Å². The Labute approximate surface area is 184 Å². The molecule has 0 fully saturated rings. The monoisotopic (exact) mass is 455 g/mol. The summed E-state index contributed by atoms with van der Waals surface area (Å²) >= 11 is 2.54. The Morgan fingerprint density at radius 1 is 1.16 bits per heavy atom. The van der Waals surface area contributed by atoms with Crippen LogP contribution in [0.4, 0.5) is 5.69 Å². The molecule has 0 aliphatic rings. The number of aryl methyl sites for hydroxylation is 1. The van der Waals surface area contributed by atoms with Crippen molar-refractivity contribution in [2.24, 2.45) is 4.99 Å². The second-order valence-electron chi connectivity index (χ2n) is 6.70. The van der Waals surface area contributed by atoms with Crippen LogP contribution in [0.15, 0.2) is 47.5 Å². The number of thiazole rings is 1. The zero-order valence-corrected chi connectivity index (χ0v) is 18.3. The third-order valence-electron chi connectivity index (χ3n) is 4.61. The van der Waals surface area contributed by atoms with Gasteiger partial charge in [0.05, 0.1) is 26.6 Å². The van der Waals surface area contributed by atoms with Crippen LogP contribution in [0.25, 0.3) is 20.3 Å². The van der Waals surface area contributed by atoms with Gasteiger partial charge in [-0.25, -0.2) is 0 Å². The van der Waals surface area contributed by atoms with Gasteiger partial charge in [0.1, 0.15) is 6.54 Å². The number of esters is 1. The first-order chi connectivity index (χ1) is 14.9. The molecule has 1 amide bonds. The Balaban J connectivity index is 1.80. The van der Waals surface area contributed by atoms with E-state index in [1.807, 2.05) is 25.1 Å². The first-order valence-corrected chi connectivity index (χ1v) is 11.0. The van der Waals surface area contributed by atoms with Crippen molar-refractivity contribution < 1.29 is 19.2 Å². The van der Waals surface area contributed by atoms with Gasteiger partial charge in [-0.2, -0.15) is 4.99 Å². The predicted octanol–water partition coefficient (Wildman–Crippen LogP) is 4.44. The molecule has 2 aromatic heterocycles. The zero-order chi connectivity index (χ0) is 22.1. The van der Waals surface area contributed by atoms with E-state index in [1.54, 1.807) is 23.6 Å². The number of non-ortho nitro benzene ring substituents is 1. The van der Waals surface area contributed by atoms with Gasteiger partial charge >= 0.3 is 5.97 Å². The zero-order valence-electron chi connectivity index (χ0n) is 16.7. The Bertz CT molecular complexity index is 1410. The number of aromatic nitrogens is 1. The smallest absolute Gasteiger partial charge is 0.326 e. The van der Waals surface area contributed by atoms with Crippen LogP contribution in [0.2, 0.25) is 0 Å². The molecule has 2 aromatic carbocycles. The van der Waals surface area contributed by atoms with Crippen LogP contribution in [0.1, 0.15) is 22.2 Å². The molecule has 0 saturated heterocycles. The molecular formula is C21H17N3O5S2. The summed E-state index contributed by atoms with van der Waals surface area (Å²) in [6.07, 6.45) is 0. The summed E-state index contributed by atoms with van der Waals surface area (Å²) < 4.78 is 8.45. The number of thiophene rings is 1. The fraction of sp³-hybridized carbons (Fsp3) is 0.190. The van der Waals surface area contributed by atoms with E-state index in [2.05, 4.69) is 4.99 Å². The Morgan fingerprint density at radius 2 is 1.97 bits per heavy atom. The second-order valence-corrected chi connectivity index (χ2v) is 8.80. The highest BCUT2D eigenvalue weighted by Crippen LogP contribution is 2.29. The van der Waals surface area contributed by atoms with Gasteiger partial charge < -0.3 is 9.30 Å². The minimum absolute atomic E-state index is 0.0338. The summed E-state index contributed by atoms with van der Waals surface area (Å²) in [5.74, 6) is -0.876. The SMILES string of the molecule is CCOC(=O)Cn1c(=NC(=O)c2cc3cc([N+](=O)[O-])ccc3s2)sc2cccc(C)c21. The molecule has 0 radical (unpaired) electrons. The van der Waals surface area contributed by atoms with Crippen molar-refractivity contribution in [1.82, 2.24) is 4.57 Å². The molecule has 0 aliphatic carbocycles. The first-order valence-electron chi connectivity index (χ1n) is 9.39. The lowest BCUT2D eigenvalue weighted by molar-refractivity contribution is -0.384. The molecule has 0 atom stereocenters. The van der Waals surface area contributed by atoms with E-state index in [1.165, 1.54) is 34.8 Å². The van der Waals surface area contributed by atoms with Crippen molar-refractivity contribution in [2.45, 2.75) is 20.4 Å². The molecule has 0 saturated carbocycles. The predicted molar refractivity (Wildman–Crippen MR) is 120 cm³/mol. The summed E-state index contributed by atoms with van der Waals surface area (Å²) in [5.41, 5.74) is 1.76. The number of benzene rings is 2. The van der Waals surface area contributed by atoms with Crippen LogP contribution < -0.4 is 4.80 Å². The van der Waals surface area contributed by atoms with Crippen LogP contribution in [-0.2, 0) is 16.1 Å². The average Bonchev–Trinajstić information content (AvgIpc) is 3.30. The van der Waals surface area contributed by atoms with Crippen molar-refractivity contribution >= 4 is 60.5 Å². The molecule has 0 spiro atoms. The van der Waals surface area contributed by atoms with E-state index in [9.17, 15) is 19.7 Å². The van der Waals surface area contributed by atoms with Crippen LogP contribution >= 0.6 is 22.7 Å². The highest BCUT2D eigenvalue weighted by Gasteiger charge is 2.16. The van der Waals surface area contributed by atoms with Crippen LogP contribution in [0.5, 0.6) is 0 Å². The maximum atomic E-state index is 12.9. The number of rotatable bonds is 5. The lowest BCUT2D eigenvalue weighted by Crippen LogP contribution is -2.23. The molecule has 10 heteroatoms. The molecule has 2 heterocycles. The molecule has 0 bridgehead atoms. The number of carbonyl (C=O) groups is 2. The topological polar surface area (TPSA) is 104 Å². The highest BCUT2D eigenvalue weighted by atomic mass is 32.1. The fourth-order valence-corrected chi connectivity index (χ4v) is 5.30. The average molecular weight is 456 g/mol. The van der Waals surface area contributed by atoms with Crippen molar-refractivity contribution in [2.75, 3.05) is 6.61 Å². The summed E-state index contributed by atoms with van der Waals surface area (Å²) in [7, 11) is 0. The fourth-order valence-electron chi connectivity index (χ4n) is 3.27. The number of nitro groups is 1. The molecule has 0 aliphatic heterocycles. The van der Waals surface area contributed by atoms with E-state index in [0.29, 0.717) is 15.1 Å². The summed E-state index contributed by atoms with van der Waals surface area (Å²) in [6, 6.07) is 11.8. The summed E-state index contributed by atoms with van der Waals surface area (Å²) in [4.78, 5) is 40.6. The molecule has 4 aromatic rings. The Kier molecular flexibility index (Phi) is 5.66. The number of hydrogen-bond acceptors (Lipinski definition) is 7. The van der Waals surface area contributed by atoms with Crippen molar-refractivity contribution in [3.63, 3.8) is 0 Å². The number of hydrogen-bond donors (Lipinski definition) is 0. The Morgan fingerprint density at radius 3 is 2.71 bits per heavy atom. The number of para-hydroxylation sites is 1. The lowest BCUT2D eigenvalue weighted by Gasteiger charge is -2.06. The van der Waals surface area contributed by atoms with Gasteiger partial charge in [-0.3, -0.25) is 19.7 Å². The van der Waals surface area contributed by atoms with Gasteiger partial charge in [-0.1, -0.05) is 23.5 Å². The van der Waals surface area contributed by atoms with E-state index < -0.39 is 16.8 Å². The molecular weight excluding hydrogens is 438 g/mol. The van der Waals surface area contributed by atoms with Crippen LogP contribution in [0, 0.1) is 17.0 Å². The van der Waals surface area contributed by atoms with E-state index in [-0.39, 0.29) is 18.8 Å². The van der Waals surface area contributed by atoms with E-state index >= 15 is 0 Å². The molecule has 0 unspecified atom stereocenters. The highest BCUT2D eigenvalue weighted by molar-refractivity contribution is 7.21. The number of carbonyl (C=O) groups excluding carboxylic acids is 2. The minimum atomic E-state index is -0.471. The van der Waals surface area contributed by atoms with Gasteiger partial charge in [0.2, 0.25) is 0 Å².